The molecule has 1 unspecified atom stereocenters. The lowest BCUT2D eigenvalue weighted by atomic mass is 9.79. The molecule has 1 aliphatic carbocycles. The molecule has 10 heteroatoms. The first kappa shape index (κ1) is 32.8. The number of halogens is 1. The van der Waals surface area contributed by atoms with E-state index in [-0.39, 0.29) is 29.5 Å². The summed E-state index contributed by atoms with van der Waals surface area (Å²) in [5.41, 5.74) is 6.53. The van der Waals surface area contributed by atoms with Crippen LogP contribution < -0.4 is 16.4 Å². The summed E-state index contributed by atoms with van der Waals surface area (Å²) in [6, 6.07) is 3.80. The van der Waals surface area contributed by atoms with Gasteiger partial charge in [-0.15, -0.1) is 0 Å². The molecular formula is C30H52FN5O4. The highest BCUT2D eigenvalue weighted by Gasteiger charge is 2.29. The Bertz CT molecular complexity index is 929. The molecule has 5 N–H and O–H groups in total. The van der Waals surface area contributed by atoms with Gasteiger partial charge in [-0.05, 0) is 76.1 Å². The number of hydrogen-bond donors (Lipinski definition) is 4. The fourth-order valence-electron chi connectivity index (χ4n) is 5.40. The molecule has 2 aliphatic rings. The molecular weight excluding hydrogens is 513 g/mol. The maximum absolute atomic E-state index is 15.2. The molecule has 1 aromatic carbocycles. The second-order valence-corrected chi connectivity index (χ2v) is 12.8. The highest BCUT2D eigenvalue weighted by molar-refractivity contribution is 5.95. The van der Waals surface area contributed by atoms with Crippen molar-refractivity contribution >= 4 is 11.6 Å². The number of piperazine rings is 1. The van der Waals surface area contributed by atoms with E-state index in [9.17, 15) is 9.90 Å². The van der Waals surface area contributed by atoms with E-state index in [1.807, 2.05) is 27.7 Å². The molecule has 1 amide bonds. The monoisotopic (exact) mass is 565 g/mol. The van der Waals surface area contributed by atoms with Crippen molar-refractivity contribution in [2.45, 2.75) is 90.3 Å². The lowest BCUT2D eigenvalue weighted by molar-refractivity contribution is -0.188. The summed E-state index contributed by atoms with van der Waals surface area (Å²) in [7, 11) is 2.11. The molecule has 0 bridgehead atoms. The Balaban J connectivity index is 1.63. The number of benzene rings is 1. The van der Waals surface area contributed by atoms with Crippen LogP contribution in [0.1, 0.15) is 71.8 Å². The average molecular weight is 566 g/mol. The van der Waals surface area contributed by atoms with Crippen molar-refractivity contribution in [3.05, 3.63) is 29.6 Å². The van der Waals surface area contributed by atoms with Crippen LogP contribution in [0.15, 0.2) is 18.2 Å². The second-order valence-electron chi connectivity index (χ2n) is 12.8. The van der Waals surface area contributed by atoms with Crippen molar-refractivity contribution in [2.75, 3.05) is 51.9 Å². The summed E-state index contributed by atoms with van der Waals surface area (Å²) in [5, 5.41) is 16.4. The number of likely N-dealkylation sites (N-methyl/N-ethyl adjacent to an activating group) is 1. The molecule has 0 radical (unpaired) electrons. The number of anilines is 1. The van der Waals surface area contributed by atoms with Gasteiger partial charge in [-0.25, -0.2) is 4.39 Å². The Kier molecular flexibility index (Phi) is 12.3. The third-order valence-electron chi connectivity index (χ3n) is 8.24. The maximum Gasteiger partial charge on any atom is 0.241 e. The van der Waals surface area contributed by atoms with Gasteiger partial charge >= 0.3 is 0 Å². The summed E-state index contributed by atoms with van der Waals surface area (Å²) < 4.78 is 26.9. The molecule has 228 valence electrons. The van der Waals surface area contributed by atoms with Crippen LogP contribution in [-0.4, -0.2) is 91.5 Å². The lowest BCUT2D eigenvalue weighted by Gasteiger charge is -2.34. The number of aliphatic hydroxyl groups excluding tert-OH is 1. The van der Waals surface area contributed by atoms with E-state index >= 15 is 4.39 Å². The number of carbonyl (C=O) groups excluding carboxylic acids is 1. The highest BCUT2D eigenvalue weighted by atomic mass is 19.1. The Morgan fingerprint density at radius 1 is 1.18 bits per heavy atom. The van der Waals surface area contributed by atoms with Crippen LogP contribution in [0.4, 0.5) is 10.1 Å². The van der Waals surface area contributed by atoms with E-state index in [1.165, 1.54) is 6.07 Å². The summed E-state index contributed by atoms with van der Waals surface area (Å²) in [5.74, 6) is -0.311. The minimum absolute atomic E-state index is 0.118. The van der Waals surface area contributed by atoms with Crippen molar-refractivity contribution in [1.82, 2.24) is 15.1 Å². The lowest BCUT2D eigenvalue weighted by Crippen LogP contribution is -2.49. The third-order valence-corrected chi connectivity index (χ3v) is 8.24. The summed E-state index contributed by atoms with van der Waals surface area (Å²) in [6.07, 6.45) is 2.76. The van der Waals surface area contributed by atoms with Gasteiger partial charge in [-0.3, -0.25) is 15.0 Å². The van der Waals surface area contributed by atoms with Crippen molar-refractivity contribution < 1.29 is 23.8 Å². The van der Waals surface area contributed by atoms with Gasteiger partial charge in [-0.2, -0.15) is 0 Å². The predicted molar refractivity (Wildman–Crippen MR) is 156 cm³/mol. The molecule has 4 atom stereocenters. The smallest absolute Gasteiger partial charge is 0.241 e. The van der Waals surface area contributed by atoms with Crippen molar-refractivity contribution in [3.8, 4) is 0 Å². The van der Waals surface area contributed by atoms with Gasteiger partial charge in [0.1, 0.15) is 5.82 Å². The van der Waals surface area contributed by atoms with Crippen LogP contribution in [0.2, 0.25) is 0 Å². The normalized spacial score (nSPS) is 24.3. The number of amides is 1. The van der Waals surface area contributed by atoms with Gasteiger partial charge in [0, 0.05) is 32.2 Å². The maximum atomic E-state index is 15.2. The SMILES string of the molecule is CC1CCC([C@H](N)C(=O)Nc2ccc([C@H](C)[C@H](COCN3CCN(C)CC3)NC(O)OC(C)(C)C)cc2F)CC1. The van der Waals surface area contributed by atoms with Crippen LogP contribution in [0.25, 0.3) is 0 Å². The van der Waals surface area contributed by atoms with Gasteiger partial charge in [0.25, 0.3) is 0 Å². The minimum atomic E-state index is -1.22. The molecule has 1 saturated carbocycles. The number of rotatable bonds is 12. The zero-order valence-electron chi connectivity index (χ0n) is 25.3. The Labute approximate surface area is 239 Å². The van der Waals surface area contributed by atoms with Crippen LogP contribution >= 0.6 is 0 Å². The third kappa shape index (κ3) is 10.3. The van der Waals surface area contributed by atoms with Crippen LogP contribution in [-0.2, 0) is 14.3 Å². The number of carbonyl (C=O) groups is 1. The zero-order chi connectivity index (χ0) is 29.4. The average Bonchev–Trinajstić information content (AvgIpc) is 2.89. The van der Waals surface area contributed by atoms with Gasteiger partial charge in [-0.1, -0.05) is 32.8 Å². The second kappa shape index (κ2) is 15.0. The fraction of sp³-hybridized carbons (Fsp3) is 0.767. The van der Waals surface area contributed by atoms with Gasteiger partial charge in [0.15, 0.2) is 0 Å². The van der Waals surface area contributed by atoms with E-state index in [1.54, 1.807) is 12.1 Å². The van der Waals surface area contributed by atoms with E-state index in [0.29, 0.717) is 24.8 Å². The number of nitrogens with zero attached hydrogens (tertiary/aromatic N) is 2. The highest BCUT2D eigenvalue weighted by Crippen LogP contribution is 2.31. The number of nitrogens with one attached hydrogen (secondary N) is 2. The first-order valence-corrected chi connectivity index (χ1v) is 14.8. The van der Waals surface area contributed by atoms with Gasteiger partial charge in [0.05, 0.1) is 30.7 Å². The van der Waals surface area contributed by atoms with Crippen molar-refractivity contribution in [3.63, 3.8) is 0 Å². The molecule has 0 spiro atoms. The predicted octanol–water partition coefficient (Wildman–Crippen LogP) is 3.29. The molecule has 3 rings (SSSR count). The van der Waals surface area contributed by atoms with Crippen LogP contribution in [0.5, 0.6) is 0 Å². The summed E-state index contributed by atoms with van der Waals surface area (Å²) in [6.45, 7) is 14.4. The Morgan fingerprint density at radius 2 is 1.82 bits per heavy atom. The topological polar surface area (TPSA) is 112 Å². The molecule has 40 heavy (non-hydrogen) atoms. The Morgan fingerprint density at radius 3 is 2.42 bits per heavy atom. The number of nitrogens with two attached hydrogens (primary N) is 1. The number of hydrogen-bond acceptors (Lipinski definition) is 8. The number of ether oxygens (including phenoxy) is 2. The molecule has 1 aromatic rings. The minimum Gasteiger partial charge on any atom is -0.364 e. The standard InChI is InChI=1S/C30H52FN5O4/c1-20-7-9-22(10-8-20)27(32)28(37)33-25-12-11-23(17-24(25)31)21(2)26(34-29(38)40-30(3,4)5)18-39-19-36-15-13-35(6)14-16-36/h11-12,17,20-22,26-27,29,34,38H,7-10,13-16,18-19,32H2,1-6H3,(H,33,37)/t20?,21-,22?,26-,27-,29?/m0/s1. The molecule has 1 saturated heterocycles. The molecule has 1 heterocycles. The first-order valence-electron chi connectivity index (χ1n) is 14.8. The van der Waals surface area contributed by atoms with E-state index in [4.69, 9.17) is 15.2 Å². The van der Waals surface area contributed by atoms with E-state index in [0.717, 1.165) is 51.9 Å². The van der Waals surface area contributed by atoms with Crippen LogP contribution in [0, 0.1) is 17.7 Å². The van der Waals surface area contributed by atoms with Crippen molar-refractivity contribution in [1.29, 1.82) is 0 Å². The van der Waals surface area contributed by atoms with E-state index < -0.39 is 23.9 Å². The molecule has 2 fully saturated rings. The molecule has 1 aliphatic heterocycles. The molecule has 0 aromatic heterocycles. The van der Waals surface area contributed by atoms with E-state index in [2.05, 4.69) is 34.4 Å². The Hall–Kier alpha value is -1.66. The largest absolute Gasteiger partial charge is 0.364 e. The van der Waals surface area contributed by atoms with Crippen molar-refractivity contribution in [2.24, 2.45) is 17.6 Å². The number of aliphatic hydroxyl groups is 1. The van der Waals surface area contributed by atoms with Gasteiger partial charge in [0.2, 0.25) is 12.3 Å². The summed E-state index contributed by atoms with van der Waals surface area (Å²) >= 11 is 0. The quantitative estimate of drug-likeness (QED) is 0.286. The fourth-order valence-corrected chi connectivity index (χ4v) is 5.40. The first-order chi connectivity index (χ1) is 18.8. The summed E-state index contributed by atoms with van der Waals surface area (Å²) in [4.78, 5) is 17.3. The van der Waals surface area contributed by atoms with Gasteiger partial charge < -0.3 is 30.5 Å². The van der Waals surface area contributed by atoms with Crippen LogP contribution in [0.3, 0.4) is 0 Å². The zero-order valence-corrected chi connectivity index (χ0v) is 25.3. The molecule has 9 nitrogen and oxygen atoms in total.